The second-order valence-electron chi connectivity index (χ2n) is 2.37. The van der Waals surface area contributed by atoms with E-state index in [-0.39, 0.29) is 18.6 Å². The summed E-state index contributed by atoms with van der Waals surface area (Å²) in [4.78, 5) is 12.5. The number of likely N-dealkylation sites (N-methyl/N-ethyl adjacent to an activating group) is 1. The molecule has 1 heterocycles. The number of carbonyl (C=O) groups excluding carboxylic acids is 1. The fourth-order valence-electron chi connectivity index (χ4n) is 0.776. The maximum Gasteiger partial charge on any atom is 0.248 e. The molecule has 0 bridgehead atoms. The topological polar surface area (TPSA) is 29.5 Å². The van der Waals surface area contributed by atoms with Crippen molar-refractivity contribution in [3.8, 4) is 0 Å². The lowest BCUT2D eigenvalue weighted by atomic mass is 10.3. The van der Waals surface area contributed by atoms with Crippen molar-refractivity contribution in [3.63, 3.8) is 0 Å². The molecule has 3 heteroatoms. The lowest BCUT2D eigenvalue weighted by molar-refractivity contribution is -0.144. The molecule has 1 atom stereocenters. The van der Waals surface area contributed by atoms with E-state index in [1.165, 1.54) is 0 Å². The molecule has 0 aromatic heterocycles. The number of morpholine rings is 1. The maximum absolute atomic E-state index is 10.8. The Morgan fingerprint density at radius 3 is 2.89 bits per heavy atom. The van der Waals surface area contributed by atoms with Crippen LogP contribution in [-0.2, 0) is 9.53 Å². The smallest absolute Gasteiger partial charge is 0.248 e. The first-order valence-corrected chi connectivity index (χ1v) is 3.05. The van der Waals surface area contributed by atoms with Crippen LogP contribution in [0.4, 0.5) is 0 Å². The fourth-order valence-corrected chi connectivity index (χ4v) is 0.776. The van der Waals surface area contributed by atoms with Crippen molar-refractivity contribution in [1.29, 1.82) is 0 Å². The van der Waals surface area contributed by atoms with Crippen molar-refractivity contribution in [1.82, 2.24) is 4.90 Å². The largest absolute Gasteiger partial charge is 0.370 e. The normalized spacial score (nSPS) is 28.9. The number of hydrogen-bond donors (Lipinski definition) is 0. The van der Waals surface area contributed by atoms with Gasteiger partial charge in [-0.3, -0.25) is 4.79 Å². The third-order valence-electron chi connectivity index (χ3n) is 1.64. The Balaban J connectivity index is 2.51. The van der Waals surface area contributed by atoms with Crippen LogP contribution in [0, 0.1) is 0 Å². The Hall–Kier alpha value is -0.570. The molecule has 0 radical (unpaired) electrons. The Kier molecular flexibility index (Phi) is 1.71. The lowest BCUT2D eigenvalue weighted by Gasteiger charge is -2.29. The molecule has 1 amide bonds. The Labute approximate surface area is 54.6 Å². The van der Waals surface area contributed by atoms with Gasteiger partial charge in [0, 0.05) is 7.05 Å². The van der Waals surface area contributed by atoms with Crippen LogP contribution in [0.1, 0.15) is 6.92 Å². The third-order valence-corrected chi connectivity index (χ3v) is 1.64. The number of nitrogens with zero attached hydrogens (tertiary/aromatic N) is 1. The highest BCUT2D eigenvalue weighted by Crippen LogP contribution is 2.02. The first-order chi connectivity index (χ1) is 4.22. The monoisotopic (exact) mass is 129 g/mol. The predicted octanol–water partition coefficient (Wildman–Crippen LogP) is -0.137. The van der Waals surface area contributed by atoms with Crippen LogP contribution in [0.2, 0.25) is 0 Å². The van der Waals surface area contributed by atoms with Crippen molar-refractivity contribution in [2.45, 2.75) is 13.0 Å². The van der Waals surface area contributed by atoms with Crippen LogP contribution in [0.15, 0.2) is 0 Å². The van der Waals surface area contributed by atoms with Gasteiger partial charge in [-0.2, -0.15) is 0 Å². The van der Waals surface area contributed by atoms with E-state index in [4.69, 9.17) is 4.74 Å². The zero-order chi connectivity index (χ0) is 6.85. The number of hydrogen-bond acceptors (Lipinski definition) is 2. The minimum Gasteiger partial charge on any atom is -0.370 e. The number of ether oxygens (including phenoxy) is 1. The van der Waals surface area contributed by atoms with E-state index in [1.54, 1.807) is 11.9 Å². The van der Waals surface area contributed by atoms with E-state index in [1.807, 2.05) is 6.92 Å². The van der Waals surface area contributed by atoms with Gasteiger partial charge in [-0.1, -0.05) is 0 Å². The van der Waals surface area contributed by atoms with Crippen molar-refractivity contribution in [2.75, 3.05) is 20.3 Å². The lowest BCUT2D eigenvalue weighted by Crippen LogP contribution is -2.45. The van der Waals surface area contributed by atoms with E-state index >= 15 is 0 Å². The van der Waals surface area contributed by atoms with Gasteiger partial charge in [0.2, 0.25) is 5.91 Å². The average molecular weight is 129 g/mol. The molecule has 0 saturated carbocycles. The molecule has 1 fully saturated rings. The van der Waals surface area contributed by atoms with Crippen LogP contribution in [-0.4, -0.2) is 37.1 Å². The molecule has 1 rings (SSSR count). The maximum atomic E-state index is 10.8. The summed E-state index contributed by atoms with van der Waals surface area (Å²) in [5, 5.41) is 0. The standard InChI is InChI=1S/C6H11NO2/c1-5-3-9-4-6(8)7(5)2/h5H,3-4H2,1-2H3/t5-/m0/s1. The summed E-state index contributed by atoms with van der Waals surface area (Å²) in [5.74, 6) is 0.0775. The van der Waals surface area contributed by atoms with Gasteiger partial charge in [-0.25, -0.2) is 0 Å². The molecule has 0 aliphatic carbocycles. The zero-order valence-electron chi connectivity index (χ0n) is 5.76. The molecule has 0 spiro atoms. The molecule has 3 nitrogen and oxygen atoms in total. The molecule has 0 aromatic rings. The second kappa shape index (κ2) is 2.35. The van der Waals surface area contributed by atoms with Gasteiger partial charge < -0.3 is 9.64 Å². The molecule has 0 unspecified atom stereocenters. The molecule has 52 valence electrons. The van der Waals surface area contributed by atoms with Gasteiger partial charge in [0.15, 0.2) is 0 Å². The van der Waals surface area contributed by atoms with Gasteiger partial charge in [-0.15, -0.1) is 0 Å². The van der Waals surface area contributed by atoms with Gasteiger partial charge in [0.1, 0.15) is 6.61 Å². The van der Waals surface area contributed by atoms with Crippen LogP contribution in [0.3, 0.4) is 0 Å². The zero-order valence-corrected chi connectivity index (χ0v) is 5.76. The second-order valence-corrected chi connectivity index (χ2v) is 2.37. The van der Waals surface area contributed by atoms with E-state index in [2.05, 4.69) is 0 Å². The van der Waals surface area contributed by atoms with E-state index in [0.29, 0.717) is 6.61 Å². The van der Waals surface area contributed by atoms with E-state index < -0.39 is 0 Å². The van der Waals surface area contributed by atoms with Gasteiger partial charge in [0.05, 0.1) is 12.6 Å². The molecule has 1 aliphatic heterocycles. The molecule has 0 N–H and O–H groups in total. The SMILES string of the molecule is C[C@H]1COCC(=O)N1C. The average Bonchev–Trinajstić information content (AvgIpc) is 1.83. The van der Waals surface area contributed by atoms with Gasteiger partial charge in [0.25, 0.3) is 0 Å². The minimum absolute atomic E-state index is 0.0775. The highest BCUT2D eigenvalue weighted by atomic mass is 16.5. The van der Waals surface area contributed by atoms with Crippen molar-refractivity contribution < 1.29 is 9.53 Å². The first kappa shape index (κ1) is 6.55. The summed E-state index contributed by atoms with van der Waals surface area (Å²) in [6, 6.07) is 0.242. The van der Waals surface area contributed by atoms with E-state index in [0.717, 1.165) is 0 Å². The van der Waals surface area contributed by atoms with Crippen LogP contribution < -0.4 is 0 Å². The molecule has 0 aromatic carbocycles. The van der Waals surface area contributed by atoms with Crippen molar-refractivity contribution >= 4 is 5.91 Å². The molecular formula is C6H11NO2. The van der Waals surface area contributed by atoms with Gasteiger partial charge in [-0.05, 0) is 6.92 Å². The molecule has 9 heavy (non-hydrogen) atoms. The van der Waals surface area contributed by atoms with Crippen LogP contribution >= 0.6 is 0 Å². The highest BCUT2D eigenvalue weighted by molar-refractivity contribution is 5.78. The number of rotatable bonds is 0. The quantitative estimate of drug-likeness (QED) is 0.455. The summed E-state index contributed by atoms with van der Waals surface area (Å²) >= 11 is 0. The summed E-state index contributed by atoms with van der Waals surface area (Å²) in [6.07, 6.45) is 0. The van der Waals surface area contributed by atoms with Crippen molar-refractivity contribution in [2.24, 2.45) is 0 Å². The summed E-state index contributed by atoms with van der Waals surface area (Å²) in [6.45, 7) is 2.89. The Morgan fingerprint density at radius 1 is 1.78 bits per heavy atom. The predicted molar refractivity (Wildman–Crippen MR) is 33.1 cm³/mol. The summed E-state index contributed by atoms with van der Waals surface area (Å²) in [5.41, 5.74) is 0. The number of amides is 1. The van der Waals surface area contributed by atoms with Crippen LogP contribution in [0.5, 0.6) is 0 Å². The first-order valence-electron chi connectivity index (χ1n) is 3.05. The third kappa shape index (κ3) is 1.21. The Bertz CT molecular complexity index is 124. The number of carbonyl (C=O) groups is 1. The minimum atomic E-state index is 0.0775. The fraction of sp³-hybridized carbons (Fsp3) is 0.833. The van der Waals surface area contributed by atoms with Crippen molar-refractivity contribution in [3.05, 3.63) is 0 Å². The van der Waals surface area contributed by atoms with E-state index in [9.17, 15) is 4.79 Å². The molecular weight excluding hydrogens is 118 g/mol. The highest BCUT2D eigenvalue weighted by Gasteiger charge is 2.20. The molecule has 1 saturated heterocycles. The Morgan fingerprint density at radius 2 is 2.44 bits per heavy atom. The summed E-state index contributed by atoms with van der Waals surface area (Å²) in [7, 11) is 1.80. The summed E-state index contributed by atoms with van der Waals surface area (Å²) < 4.78 is 4.97. The van der Waals surface area contributed by atoms with Gasteiger partial charge >= 0.3 is 0 Å². The van der Waals surface area contributed by atoms with Crippen LogP contribution in [0.25, 0.3) is 0 Å². The molecule has 1 aliphatic rings.